The molecule has 0 saturated carbocycles. The highest BCUT2D eigenvalue weighted by Gasteiger charge is 2.13. The van der Waals surface area contributed by atoms with Crippen LogP contribution in [-0.2, 0) is 14.4 Å². The van der Waals surface area contributed by atoms with Crippen molar-refractivity contribution < 1.29 is 14.4 Å². The Kier molecular flexibility index (Phi) is 4.36. The molecule has 0 saturated heterocycles. The van der Waals surface area contributed by atoms with Crippen molar-refractivity contribution in [2.24, 2.45) is 5.73 Å². The van der Waals surface area contributed by atoms with Crippen LogP contribution in [0.4, 0.5) is 0 Å². The number of rotatable bonds is 5. The molecule has 0 amide bonds. The van der Waals surface area contributed by atoms with E-state index in [2.05, 4.69) is 0 Å². The fourth-order valence-electron chi connectivity index (χ4n) is 0.666. The molecular weight excluding hydrogens is 158 g/mol. The van der Waals surface area contributed by atoms with Crippen molar-refractivity contribution in [3.63, 3.8) is 0 Å². The molecule has 0 fully saturated rings. The highest BCUT2D eigenvalue weighted by Crippen LogP contribution is 1.97. The van der Waals surface area contributed by atoms with Gasteiger partial charge < -0.3 is 5.73 Å². The average Bonchev–Trinajstić information content (AvgIpc) is 1.98. The standard InChI is InChI=1S/C8H13NO3/c1-5(10)7(9)3-4-8(12)6(2)11/h7H,3-4,9H2,1-2H3. The van der Waals surface area contributed by atoms with Crippen LogP contribution in [0.5, 0.6) is 0 Å². The maximum Gasteiger partial charge on any atom is 0.198 e. The van der Waals surface area contributed by atoms with Crippen LogP contribution in [0.1, 0.15) is 26.7 Å². The van der Waals surface area contributed by atoms with Crippen molar-refractivity contribution in [2.75, 3.05) is 0 Å². The van der Waals surface area contributed by atoms with Gasteiger partial charge in [-0.2, -0.15) is 0 Å². The smallest absolute Gasteiger partial charge is 0.198 e. The number of hydrogen-bond acceptors (Lipinski definition) is 4. The van der Waals surface area contributed by atoms with Gasteiger partial charge in [0.2, 0.25) is 0 Å². The minimum Gasteiger partial charge on any atom is -0.322 e. The first-order valence-corrected chi connectivity index (χ1v) is 3.75. The number of Topliss-reactive ketones (excluding diaryl/α,β-unsaturated/α-hetero) is 3. The topological polar surface area (TPSA) is 77.2 Å². The van der Waals surface area contributed by atoms with E-state index >= 15 is 0 Å². The highest BCUT2D eigenvalue weighted by atomic mass is 16.2. The number of hydrogen-bond donors (Lipinski definition) is 1. The Labute approximate surface area is 71.1 Å². The molecule has 1 atom stereocenters. The highest BCUT2D eigenvalue weighted by molar-refractivity contribution is 6.36. The summed E-state index contributed by atoms with van der Waals surface area (Å²) in [5.74, 6) is -1.11. The van der Waals surface area contributed by atoms with Gasteiger partial charge in [-0.25, -0.2) is 0 Å². The summed E-state index contributed by atoms with van der Waals surface area (Å²) in [7, 11) is 0. The Bertz CT molecular complexity index is 210. The molecule has 0 aromatic heterocycles. The summed E-state index contributed by atoms with van der Waals surface area (Å²) >= 11 is 0. The molecule has 4 nitrogen and oxygen atoms in total. The van der Waals surface area contributed by atoms with Crippen LogP contribution in [0.3, 0.4) is 0 Å². The number of carbonyl (C=O) groups excluding carboxylic acids is 3. The van der Waals surface area contributed by atoms with Crippen LogP contribution in [0.15, 0.2) is 0 Å². The molecule has 0 radical (unpaired) electrons. The van der Waals surface area contributed by atoms with E-state index in [9.17, 15) is 14.4 Å². The number of carbonyl (C=O) groups is 3. The van der Waals surface area contributed by atoms with Gasteiger partial charge in [0, 0.05) is 13.3 Å². The molecule has 0 heterocycles. The molecule has 0 aliphatic rings. The summed E-state index contributed by atoms with van der Waals surface area (Å²) < 4.78 is 0. The van der Waals surface area contributed by atoms with Crippen molar-refractivity contribution in [1.82, 2.24) is 0 Å². The molecular formula is C8H13NO3. The van der Waals surface area contributed by atoms with Gasteiger partial charge in [-0.1, -0.05) is 0 Å². The monoisotopic (exact) mass is 171 g/mol. The Morgan fingerprint density at radius 3 is 2.08 bits per heavy atom. The minimum absolute atomic E-state index is 0.0656. The third-order valence-electron chi connectivity index (χ3n) is 1.60. The molecule has 4 heteroatoms. The minimum atomic E-state index is -0.617. The van der Waals surface area contributed by atoms with Gasteiger partial charge in [-0.15, -0.1) is 0 Å². The Balaban J connectivity index is 3.76. The van der Waals surface area contributed by atoms with E-state index in [0.717, 1.165) is 0 Å². The van der Waals surface area contributed by atoms with Crippen LogP contribution < -0.4 is 5.73 Å². The van der Waals surface area contributed by atoms with E-state index < -0.39 is 17.6 Å². The van der Waals surface area contributed by atoms with Gasteiger partial charge in [0.25, 0.3) is 0 Å². The fraction of sp³-hybridized carbons (Fsp3) is 0.625. The maximum absolute atomic E-state index is 10.8. The van der Waals surface area contributed by atoms with Crippen LogP contribution in [0.25, 0.3) is 0 Å². The zero-order valence-corrected chi connectivity index (χ0v) is 7.29. The maximum atomic E-state index is 10.8. The second-order valence-corrected chi connectivity index (χ2v) is 2.74. The zero-order valence-electron chi connectivity index (χ0n) is 7.29. The lowest BCUT2D eigenvalue weighted by Gasteiger charge is -2.04. The first-order chi connectivity index (χ1) is 5.45. The largest absolute Gasteiger partial charge is 0.322 e. The summed E-state index contributed by atoms with van der Waals surface area (Å²) in [6.07, 6.45) is 0.323. The van der Waals surface area contributed by atoms with Gasteiger partial charge >= 0.3 is 0 Å². The van der Waals surface area contributed by atoms with Crippen molar-refractivity contribution in [3.05, 3.63) is 0 Å². The third kappa shape index (κ3) is 3.98. The molecule has 0 spiro atoms. The van der Waals surface area contributed by atoms with Crippen molar-refractivity contribution in [2.45, 2.75) is 32.7 Å². The van der Waals surface area contributed by atoms with Crippen LogP contribution in [0, 0.1) is 0 Å². The van der Waals surface area contributed by atoms with Crippen molar-refractivity contribution in [3.8, 4) is 0 Å². The molecule has 0 aliphatic carbocycles. The zero-order chi connectivity index (χ0) is 9.72. The van der Waals surface area contributed by atoms with E-state index in [1.54, 1.807) is 0 Å². The quantitative estimate of drug-likeness (QED) is 0.583. The third-order valence-corrected chi connectivity index (χ3v) is 1.60. The van der Waals surface area contributed by atoms with E-state index in [1.165, 1.54) is 13.8 Å². The summed E-state index contributed by atoms with van der Waals surface area (Å²) in [5, 5.41) is 0. The summed E-state index contributed by atoms with van der Waals surface area (Å²) in [5.41, 5.74) is 5.35. The molecule has 0 bridgehead atoms. The normalized spacial score (nSPS) is 12.2. The Morgan fingerprint density at radius 1 is 1.25 bits per heavy atom. The predicted molar refractivity (Wildman–Crippen MR) is 43.6 cm³/mol. The Morgan fingerprint density at radius 2 is 1.75 bits per heavy atom. The molecule has 0 aromatic carbocycles. The lowest BCUT2D eigenvalue weighted by molar-refractivity contribution is -0.135. The molecule has 0 aliphatic heterocycles. The number of ketones is 3. The van der Waals surface area contributed by atoms with Crippen LogP contribution >= 0.6 is 0 Å². The van der Waals surface area contributed by atoms with Crippen molar-refractivity contribution in [1.29, 1.82) is 0 Å². The predicted octanol–water partition coefficient (Wildman–Crippen LogP) is -0.159. The van der Waals surface area contributed by atoms with Gasteiger partial charge in [0.15, 0.2) is 11.6 Å². The van der Waals surface area contributed by atoms with E-state index in [0.29, 0.717) is 0 Å². The second kappa shape index (κ2) is 4.77. The van der Waals surface area contributed by atoms with E-state index in [4.69, 9.17) is 5.73 Å². The lowest BCUT2D eigenvalue weighted by Crippen LogP contribution is -2.29. The lowest BCUT2D eigenvalue weighted by atomic mass is 10.1. The molecule has 12 heavy (non-hydrogen) atoms. The Hall–Kier alpha value is -1.03. The van der Waals surface area contributed by atoms with Crippen LogP contribution in [0.2, 0.25) is 0 Å². The van der Waals surface area contributed by atoms with E-state index in [-0.39, 0.29) is 18.6 Å². The summed E-state index contributed by atoms with van der Waals surface area (Å²) in [6.45, 7) is 2.57. The first-order valence-electron chi connectivity index (χ1n) is 3.75. The number of nitrogens with two attached hydrogens (primary N) is 1. The van der Waals surface area contributed by atoms with Gasteiger partial charge in [0.1, 0.15) is 5.78 Å². The van der Waals surface area contributed by atoms with Crippen molar-refractivity contribution >= 4 is 17.3 Å². The first kappa shape index (κ1) is 11.0. The van der Waals surface area contributed by atoms with Crippen LogP contribution in [-0.4, -0.2) is 23.4 Å². The molecule has 68 valence electrons. The average molecular weight is 171 g/mol. The molecule has 0 aromatic rings. The molecule has 1 unspecified atom stereocenters. The SMILES string of the molecule is CC(=O)C(=O)CCC(N)C(C)=O. The molecule has 2 N–H and O–H groups in total. The summed E-state index contributed by atoms with van der Waals surface area (Å²) in [4.78, 5) is 31.8. The summed E-state index contributed by atoms with van der Waals surface area (Å²) in [6, 6.07) is -0.617. The van der Waals surface area contributed by atoms with Gasteiger partial charge in [0.05, 0.1) is 6.04 Å². The van der Waals surface area contributed by atoms with Gasteiger partial charge in [-0.3, -0.25) is 14.4 Å². The van der Waals surface area contributed by atoms with E-state index in [1.807, 2.05) is 0 Å². The molecule has 0 rings (SSSR count). The van der Waals surface area contributed by atoms with Gasteiger partial charge in [-0.05, 0) is 13.3 Å². The second-order valence-electron chi connectivity index (χ2n) is 2.74. The fourth-order valence-corrected chi connectivity index (χ4v) is 0.666.